The second kappa shape index (κ2) is 6.22. The van der Waals surface area contributed by atoms with E-state index in [2.05, 4.69) is 9.97 Å². The van der Waals surface area contributed by atoms with Gasteiger partial charge in [-0.15, -0.1) is 0 Å². The Morgan fingerprint density at radius 2 is 1.86 bits per heavy atom. The van der Waals surface area contributed by atoms with Crippen LogP contribution in [0.1, 0.15) is 42.9 Å². The maximum atomic E-state index is 9.86. The first-order valence-corrected chi connectivity index (χ1v) is 7.46. The molecule has 2 atom stereocenters. The molecule has 1 N–H and O–H groups in total. The third-order valence-electron chi connectivity index (χ3n) is 3.96. The minimum absolute atomic E-state index is 0.225. The molecule has 0 amide bonds. The van der Waals surface area contributed by atoms with Crippen LogP contribution in [0, 0.1) is 6.92 Å². The summed E-state index contributed by atoms with van der Waals surface area (Å²) >= 11 is 0. The van der Waals surface area contributed by atoms with Gasteiger partial charge in [0.05, 0.1) is 6.10 Å². The normalized spacial score (nSPS) is 22.0. The van der Waals surface area contributed by atoms with Gasteiger partial charge in [-0.25, -0.2) is 4.98 Å². The molecule has 0 unspecified atom stereocenters. The first kappa shape index (κ1) is 14.0. The molecule has 1 aromatic heterocycles. The number of aromatic nitrogens is 2. The fourth-order valence-electron chi connectivity index (χ4n) is 2.82. The molecule has 21 heavy (non-hydrogen) atoms. The smallest absolute Gasteiger partial charge is 0.241 e. The number of hydrogen-bond donors (Lipinski definition) is 1. The largest absolute Gasteiger partial charge is 0.437 e. The molecular formula is C17H20N2O2. The maximum absolute atomic E-state index is 9.86. The van der Waals surface area contributed by atoms with Crippen molar-refractivity contribution in [3.8, 4) is 11.6 Å². The Bertz CT molecular complexity index is 598. The third kappa shape index (κ3) is 3.39. The Morgan fingerprint density at radius 3 is 2.62 bits per heavy atom. The van der Waals surface area contributed by atoms with Crippen LogP contribution in [-0.4, -0.2) is 21.2 Å². The SMILES string of the molecule is Cc1ccc(Oc2nccnc2[C@H]2CCC[C@@H](O)C2)cc1. The zero-order chi connectivity index (χ0) is 14.7. The Morgan fingerprint density at radius 1 is 1.10 bits per heavy atom. The lowest BCUT2D eigenvalue weighted by atomic mass is 9.85. The molecule has 0 aliphatic heterocycles. The summed E-state index contributed by atoms with van der Waals surface area (Å²) in [7, 11) is 0. The highest BCUT2D eigenvalue weighted by Gasteiger charge is 2.26. The van der Waals surface area contributed by atoms with E-state index in [1.54, 1.807) is 12.4 Å². The Kier molecular flexibility index (Phi) is 4.15. The molecule has 1 saturated carbocycles. The molecular weight excluding hydrogens is 264 g/mol. The summed E-state index contributed by atoms with van der Waals surface area (Å²) in [5.74, 6) is 1.54. The number of hydrogen-bond acceptors (Lipinski definition) is 4. The van der Waals surface area contributed by atoms with Crippen LogP contribution in [0.2, 0.25) is 0 Å². The van der Waals surface area contributed by atoms with Gasteiger partial charge in [0.2, 0.25) is 5.88 Å². The molecule has 3 rings (SSSR count). The maximum Gasteiger partial charge on any atom is 0.241 e. The predicted octanol–water partition coefficient (Wildman–Crippen LogP) is 3.60. The molecule has 4 heteroatoms. The lowest BCUT2D eigenvalue weighted by Gasteiger charge is -2.26. The summed E-state index contributed by atoms with van der Waals surface area (Å²) in [6.45, 7) is 2.04. The molecule has 1 aliphatic rings. The Balaban J connectivity index is 1.83. The van der Waals surface area contributed by atoms with Gasteiger partial charge in [-0.1, -0.05) is 24.1 Å². The van der Waals surface area contributed by atoms with Crippen molar-refractivity contribution in [2.75, 3.05) is 0 Å². The molecule has 110 valence electrons. The summed E-state index contributed by atoms with van der Waals surface area (Å²) < 4.78 is 5.90. The topological polar surface area (TPSA) is 55.2 Å². The highest BCUT2D eigenvalue weighted by molar-refractivity contribution is 5.32. The second-order valence-corrected chi connectivity index (χ2v) is 5.68. The van der Waals surface area contributed by atoms with Crippen LogP contribution >= 0.6 is 0 Å². The van der Waals surface area contributed by atoms with Crippen molar-refractivity contribution in [3.63, 3.8) is 0 Å². The lowest BCUT2D eigenvalue weighted by Crippen LogP contribution is -2.19. The van der Waals surface area contributed by atoms with Gasteiger partial charge in [-0.05, 0) is 38.3 Å². The Hall–Kier alpha value is -1.94. The zero-order valence-corrected chi connectivity index (χ0v) is 12.2. The van der Waals surface area contributed by atoms with Crippen molar-refractivity contribution in [2.24, 2.45) is 0 Å². The highest BCUT2D eigenvalue weighted by Crippen LogP contribution is 2.36. The van der Waals surface area contributed by atoms with Crippen molar-refractivity contribution < 1.29 is 9.84 Å². The van der Waals surface area contributed by atoms with Crippen molar-refractivity contribution in [2.45, 2.75) is 44.6 Å². The van der Waals surface area contributed by atoms with E-state index in [4.69, 9.17) is 4.74 Å². The fraction of sp³-hybridized carbons (Fsp3) is 0.412. The van der Waals surface area contributed by atoms with E-state index in [0.717, 1.165) is 37.1 Å². The summed E-state index contributed by atoms with van der Waals surface area (Å²) in [6, 6.07) is 7.89. The van der Waals surface area contributed by atoms with Crippen LogP contribution in [0.4, 0.5) is 0 Å². The van der Waals surface area contributed by atoms with Crippen LogP contribution in [-0.2, 0) is 0 Å². The molecule has 1 aromatic carbocycles. The fourth-order valence-corrected chi connectivity index (χ4v) is 2.82. The number of aliphatic hydroxyl groups is 1. The average molecular weight is 284 g/mol. The molecule has 1 heterocycles. The van der Waals surface area contributed by atoms with Crippen molar-refractivity contribution >= 4 is 0 Å². The molecule has 0 spiro atoms. The van der Waals surface area contributed by atoms with E-state index in [0.29, 0.717) is 5.88 Å². The minimum Gasteiger partial charge on any atom is -0.437 e. The Labute approximate surface area is 124 Å². The highest BCUT2D eigenvalue weighted by atomic mass is 16.5. The van der Waals surface area contributed by atoms with Crippen LogP contribution in [0.25, 0.3) is 0 Å². The summed E-state index contributed by atoms with van der Waals surface area (Å²) in [6.07, 6.45) is 6.77. The molecule has 1 fully saturated rings. The third-order valence-corrected chi connectivity index (χ3v) is 3.96. The van der Waals surface area contributed by atoms with Gasteiger partial charge in [-0.2, -0.15) is 0 Å². The van der Waals surface area contributed by atoms with E-state index >= 15 is 0 Å². The van der Waals surface area contributed by atoms with Crippen LogP contribution in [0.5, 0.6) is 11.6 Å². The van der Waals surface area contributed by atoms with Crippen molar-refractivity contribution in [1.29, 1.82) is 0 Å². The zero-order valence-electron chi connectivity index (χ0n) is 12.2. The van der Waals surface area contributed by atoms with Gasteiger partial charge in [0.25, 0.3) is 0 Å². The van der Waals surface area contributed by atoms with Crippen LogP contribution in [0.15, 0.2) is 36.7 Å². The molecule has 0 saturated heterocycles. The number of aliphatic hydroxyl groups excluding tert-OH is 1. The van der Waals surface area contributed by atoms with Gasteiger partial charge in [0.1, 0.15) is 11.4 Å². The van der Waals surface area contributed by atoms with Crippen molar-refractivity contribution in [3.05, 3.63) is 47.9 Å². The summed E-state index contributed by atoms with van der Waals surface area (Å²) in [4.78, 5) is 8.78. The molecule has 0 radical (unpaired) electrons. The van der Waals surface area contributed by atoms with Crippen molar-refractivity contribution in [1.82, 2.24) is 9.97 Å². The van der Waals surface area contributed by atoms with Crippen LogP contribution in [0.3, 0.4) is 0 Å². The standard InChI is InChI=1S/C17H20N2O2/c1-12-5-7-15(8-6-12)21-17-16(18-9-10-19-17)13-3-2-4-14(20)11-13/h5-10,13-14,20H,2-4,11H2,1H3/t13-,14+/m0/s1. The molecule has 4 nitrogen and oxygen atoms in total. The molecule has 1 aliphatic carbocycles. The van der Waals surface area contributed by atoms with E-state index in [9.17, 15) is 5.11 Å². The van der Waals surface area contributed by atoms with E-state index < -0.39 is 0 Å². The van der Waals surface area contributed by atoms with E-state index in [1.807, 2.05) is 31.2 Å². The quantitative estimate of drug-likeness (QED) is 0.935. The van der Waals surface area contributed by atoms with Gasteiger partial charge >= 0.3 is 0 Å². The summed E-state index contributed by atoms with van der Waals surface area (Å²) in [5.41, 5.74) is 2.05. The monoisotopic (exact) mass is 284 g/mol. The second-order valence-electron chi connectivity index (χ2n) is 5.68. The lowest BCUT2D eigenvalue weighted by molar-refractivity contribution is 0.118. The number of benzene rings is 1. The minimum atomic E-state index is -0.238. The van der Waals surface area contributed by atoms with Gasteiger partial charge in [0, 0.05) is 18.3 Å². The van der Waals surface area contributed by atoms with Gasteiger partial charge in [-0.3, -0.25) is 4.98 Å². The first-order valence-electron chi connectivity index (χ1n) is 7.46. The molecule has 2 aromatic rings. The van der Waals surface area contributed by atoms with E-state index in [1.165, 1.54) is 5.56 Å². The van der Waals surface area contributed by atoms with E-state index in [-0.39, 0.29) is 12.0 Å². The number of nitrogens with zero attached hydrogens (tertiary/aromatic N) is 2. The number of aryl methyl sites for hydroxylation is 1. The predicted molar refractivity (Wildman–Crippen MR) is 80.5 cm³/mol. The number of ether oxygens (including phenoxy) is 1. The summed E-state index contributed by atoms with van der Waals surface area (Å²) in [5, 5.41) is 9.86. The van der Waals surface area contributed by atoms with Crippen LogP contribution < -0.4 is 4.74 Å². The number of rotatable bonds is 3. The molecule has 0 bridgehead atoms. The van der Waals surface area contributed by atoms with Gasteiger partial charge in [0.15, 0.2) is 0 Å². The first-order chi connectivity index (χ1) is 10.2. The average Bonchev–Trinajstić information content (AvgIpc) is 2.50. The van der Waals surface area contributed by atoms with Gasteiger partial charge < -0.3 is 9.84 Å².